The summed E-state index contributed by atoms with van der Waals surface area (Å²) in [5.74, 6) is -0.468. The van der Waals surface area contributed by atoms with E-state index in [0.717, 1.165) is 43.5 Å². The molecule has 2 fully saturated rings. The van der Waals surface area contributed by atoms with Gasteiger partial charge in [-0.2, -0.15) is 0 Å². The van der Waals surface area contributed by atoms with E-state index in [4.69, 9.17) is 14.2 Å². The molecule has 0 unspecified atom stereocenters. The van der Waals surface area contributed by atoms with Crippen LogP contribution in [0.25, 0.3) is 0 Å². The van der Waals surface area contributed by atoms with Crippen molar-refractivity contribution in [3.63, 3.8) is 0 Å². The van der Waals surface area contributed by atoms with Gasteiger partial charge in [0.25, 0.3) is 0 Å². The van der Waals surface area contributed by atoms with Crippen LogP contribution in [0.2, 0.25) is 0 Å². The summed E-state index contributed by atoms with van der Waals surface area (Å²) in [5.41, 5.74) is 0.319. The number of carbonyl (C=O) groups excluding carboxylic acids is 2. The van der Waals surface area contributed by atoms with Gasteiger partial charge in [-0.05, 0) is 32.1 Å². The van der Waals surface area contributed by atoms with Gasteiger partial charge in [0.1, 0.15) is 17.2 Å². The molecule has 0 spiro atoms. The zero-order valence-corrected chi connectivity index (χ0v) is 20.0. The number of aliphatic hydroxyl groups is 1. The van der Waals surface area contributed by atoms with E-state index in [9.17, 15) is 14.7 Å². The van der Waals surface area contributed by atoms with Crippen molar-refractivity contribution in [1.29, 1.82) is 0 Å². The number of rotatable bonds is 10. The van der Waals surface area contributed by atoms with Crippen LogP contribution in [-0.4, -0.2) is 46.9 Å². The molecule has 2 heterocycles. The van der Waals surface area contributed by atoms with E-state index in [1.165, 1.54) is 18.3 Å². The van der Waals surface area contributed by atoms with E-state index < -0.39 is 12.1 Å². The second-order valence-electron chi connectivity index (χ2n) is 8.60. The molecule has 1 saturated heterocycles. The summed E-state index contributed by atoms with van der Waals surface area (Å²) in [4.78, 5) is 28.0. The van der Waals surface area contributed by atoms with E-state index in [2.05, 4.69) is 11.9 Å². The van der Waals surface area contributed by atoms with Crippen molar-refractivity contribution in [1.82, 2.24) is 4.98 Å². The molecule has 1 saturated carbocycles. The van der Waals surface area contributed by atoms with E-state index in [0.29, 0.717) is 18.7 Å². The van der Waals surface area contributed by atoms with Crippen LogP contribution in [0, 0.1) is 11.8 Å². The highest BCUT2D eigenvalue weighted by Gasteiger charge is 2.48. The average Bonchev–Trinajstić information content (AvgIpc) is 3.37. The normalized spacial score (nSPS) is 28.4. The lowest BCUT2D eigenvalue weighted by atomic mass is 9.86. The molecule has 1 N–H and O–H groups in total. The van der Waals surface area contributed by atoms with Crippen LogP contribution in [0.15, 0.2) is 17.5 Å². The number of aromatic nitrogens is 1. The smallest absolute Gasteiger partial charge is 0.357 e. The molecule has 7 nitrogen and oxygen atoms in total. The molecule has 0 amide bonds. The Hall–Kier alpha value is -1.77. The fourth-order valence-corrected chi connectivity index (χ4v) is 5.58. The molecule has 0 aromatic carbocycles. The maximum absolute atomic E-state index is 11.9. The van der Waals surface area contributed by atoms with E-state index >= 15 is 0 Å². The number of esters is 2. The first-order chi connectivity index (χ1) is 15.4. The third-order valence-electron chi connectivity index (χ3n) is 6.23. The number of unbranched alkanes of at least 4 members (excludes halogenated alkanes) is 2. The van der Waals surface area contributed by atoms with E-state index in [-0.39, 0.29) is 36.1 Å². The summed E-state index contributed by atoms with van der Waals surface area (Å²) in [7, 11) is 0. The van der Waals surface area contributed by atoms with Gasteiger partial charge in [-0.1, -0.05) is 38.3 Å². The zero-order valence-electron chi connectivity index (χ0n) is 19.2. The van der Waals surface area contributed by atoms with Crippen LogP contribution >= 0.6 is 11.3 Å². The summed E-state index contributed by atoms with van der Waals surface area (Å²) < 4.78 is 17.0. The number of carbonyl (C=O) groups is 2. The number of thiazole rings is 1. The number of hydrogen-bond donors (Lipinski definition) is 1. The van der Waals surface area contributed by atoms with Gasteiger partial charge in [0.2, 0.25) is 0 Å². The van der Waals surface area contributed by atoms with Crippen molar-refractivity contribution < 1.29 is 28.9 Å². The largest absolute Gasteiger partial charge is 0.462 e. The van der Waals surface area contributed by atoms with Crippen molar-refractivity contribution in [3.8, 4) is 0 Å². The van der Waals surface area contributed by atoms with Crippen LogP contribution in [0.3, 0.4) is 0 Å². The molecular formula is C24H35NO6S. The third-order valence-corrected chi connectivity index (χ3v) is 7.16. The number of aliphatic hydroxyl groups excluding tert-OH is 1. The molecule has 32 heavy (non-hydrogen) atoms. The Morgan fingerprint density at radius 3 is 2.88 bits per heavy atom. The average molecular weight is 466 g/mol. The van der Waals surface area contributed by atoms with Crippen LogP contribution < -0.4 is 0 Å². The fraction of sp³-hybridized carbons (Fsp3) is 0.708. The van der Waals surface area contributed by atoms with Gasteiger partial charge in [-0.25, -0.2) is 9.78 Å². The molecule has 8 heteroatoms. The standard InChI is InChI=1S/C24H35NO6S/c1-4-6-7-8-16(27)9-10-17-18-11-12-20(31-22(18)13-21(17)30-15(3)26)23-25-19(14-32-23)24(28)29-5-2/h9-10,14,16-18,20-22,27H,4-8,11-13H2,1-3H3/b10-9+/t16-,17+,18+,20+,21+,22-/m0/s1. The van der Waals surface area contributed by atoms with Crippen molar-refractivity contribution >= 4 is 23.3 Å². The molecule has 6 atom stereocenters. The maximum atomic E-state index is 11.9. The topological polar surface area (TPSA) is 95.0 Å². The van der Waals surface area contributed by atoms with Crippen LogP contribution in [0.1, 0.15) is 87.3 Å². The summed E-state index contributed by atoms with van der Waals surface area (Å²) in [6, 6.07) is 0. The van der Waals surface area contributed by atoms with Crippen molar-refractivity contribution in [2.45, 2.75) is 90.1 Å². The van der Waals surface area contributed by atoms with E-state index in [1.807, 2.05) is 12.2 Å². The van der Waals surface area contributed by atoms with Crippen LogP contribution in [0.4, 0.5) is 0 Å². The minimum atomic E-state index is -0.479. The van der Waals surface area contributed by atoms with Crippen LogP contribution in [-0.2, 0) is 19.0 Å². The van der Waals surface area contributed by atoms with Gasteiger partial charge >= 0.3 is 11.9 Å². The lowest BCUT2D eigenvalue weighted by Crippen LogP contribution is -2.30. The lowest BCUT2D eigenvalue weighted by Gasteiger charge is -2.33. The highest BCUT2D eigenvalue weighted by atomic mass is 32.1. The Labute approximate surface area is 194 Å². The first-order valence-electron chi connectivity index (χ1n) is 11.7. The molecule has 1 aromatic rings. The minimum Gasteiger partial charge on any atom is -0.462 e. The van der Waals surface area contributed by atoms with Crippen molar-refractivity contribution in [2.75, 3.05) is 6.61 Å². The summed E-state index contributed by atoms with van der Waals surface area (Å²) in [5, 5.41) is 12.8. The summed E-state index contributed by atoms with van der Waals surface area (Å²) in [6.07, 6.45) is 9.21. The Kier molecular flexibility index (Phi) is 9.25. The van der Waals surface area contributed by atoms with Crippen LogP contribution in [0.5, 0.6) is 0 Å². The Bertz CT molecular complexity index is 793. The predicted octanol–water partition coefficient (Wildman–Crippen LogP) is 4.61. The van der Waals surface area contributed by atoms with Gasteiger partial charge in [-0.3, -0.25) is 4.79 Å². The molecule has 1 aliphatic carbocycles. The second-order valence-corrected chi connectivity index (χ2v) is 9.49. The van der Waals surface area contributed by atoms with Gasteiger partial charge < -0.3 is 19.3 Å². The maximum Gasteiger partial charge on any atom is 0.357 e. The molecule has 0 radical (unpaired) electrons. The second kappa shape index (κ2) is 11.9. The SMILES string of the molecule is CCCCC[C@H](O)/C=C/[C@@H]1[C@H]2CC[C@H](c3nc(C(=O)OCC)cs3)O[C@H]2C[C@H]1OC(C)=O. The highest BCUT2D eigenvalue weighted by Crippen LogP contribution is 2.47. The fourth-order valence-electron chi connectivity index (χ4n) is 4.72. The van der Waals surface area contributed by atoms with Crippen molar-refractivity contribution in [2.24, 2.45) is 11.8 Å². The highest BCUT2D eigenvalue weighted by molar-refractivity contribution is 7.09. The molecular weight excluding hydrogens is 430 g/mol. The quantitative estimate of drug-likeness (QED) is 0.306. The third kappa shape index (κ3) is 6.39. The van der Waals surface area contributed by atoms with Gasteiger partial charge in [-0.15, -0.1) is 11.3 Å². The Morgan fingerprint density at radius 2 is 2.16 bits per heavy atom. The van der Waals surface area contributed by atoms with Gasteiger partial charge in [0.15, 0.2) is 5.69 Å². The molecule has 3 rings (SSSR count). The zero-order chi connectivity index (χ0) is 23.1. The lowest BCUT2D eigenvalue weighted by molar-refractivity contribution is -0.147. The van der Waals surface area contributed by atoms with Gasteiger partial charge in [0.05, 0.1) is 18.8 Å². The number of fused-ring (bicyclic) bond motifs is 1. The Balaban J connectivity index is 1.65. The van der Waals surface area contributed by atoms with Gasteiger partial charge in [0, 0.05) is 24.6 Å². The summed E-state index contributed by atoms with van der Waals surface area (Å²) in [6.45, 7) is 5.65. The molecule has 178 valence electrons. The Morgan fingerprint density at radius 1 is 1.34 bits per heavy atom. The predicted molar refractivity (Wildman–Crippen MR) is 121 cm³/mol. The first kappa shape index (κ1) is 24.9. The van der Waals surface area contributed by atoms with E-state index in [1.54, 1.807) is 12.3 Å². The first-order valence-corrected chi connectivity index (χ1v) is 12.6. The van der Waals surface area contributed by atoms with Crippen molar-refractivity contribution in [3.05, 3.63) is 28.2 Å². The molecule has 0 bridgehead atoms. The summed E-state index contributed by atoms with van der Waals surface area (Å²) >= 11 is 1.41. The monoisotopic (exact) mass is 465 g/mol. The minimum absolute atomic E-state index is 0.0251. The molecule has 2 aliphatic rings. The molecule has 1 aromatic heterocycles. The number of hydrogen-bond acceptors (Lipinski definition) is 8. The number of nitrogens with zero attached hydrogens (tertiary/aromatic N) is 1. The molecule has 1 aliphatic heterocycles. The number of ether oxygens (including phenoxy) is 3.